The predicted octanol–water partition coefficient (Wildman–Crippen LogP) is 3.31. The van der Waals surface area contributed by atoms with Crippen molar-refractivity contribution in [1.82, 2.24) is 10.2 Å². The Morgan fingerprint density at radius 1 is 1.24 bits per heavy atom. The second-order valence-corrected chi connectivity index (χ2v) is 9.83. The molecule has 1 aromatic carbocycles. The van der Waals surface area contributed by atoms with Crippen molar-refractivity contribution >= 4 is 44.3 Å². The number of nitrogens with one attached hydrogen (secondary N) is 1. The lowest BCUT2D eigenvalue weighted by molar-refractivity contribution is -0.112. The molecule has 0 aliphatic heterocycles. The summed E-state index contributed by atoms with van der Waals surface area (Å²) < 4.78 is 34.1. The molecule has 0 aliphatic rings. The number of nitrogens with zero attached hydrogens (tertiary/aromatic N) is 3. The Kier molecular flexibility index (Phi) is 7.37. The number of hydrogen-bond donors (Lipinski definition) is 1. The van der Waals surface area contributed by atoms with Crippen LogP contribution in [0.25, 0.3) is 17.4 Å². The van der Waals surface area contributed by atoms with Gasteiger partial charge in [0, 0.05) is 11.6 Å². The van der Waals surface area contributed by atoms with Crippen LogP contribution in [0.1, 0.15) is 30.0 Å². The number of carbonyl (C=O) groups excluding carboxylic acids is 2. The molecular formula is C21H18N4O6S2. The topological polar surface area (TPSA) is 152 Å². The second kappa shape index (κ2) is 10.2. The summed E-state index contributed by atoms with van der Waals surface area (Å²) in [5, 5.41) is 18.9. The molecule has 1 amide bonds. The summed E-state index contributed by atoms with van der Waals surface area (Å²) in [5.41, 5.74) is 0.689. The molecule has 0 radical (unpaired) electrons. The smallest absolute Gasteiger partial charge is 0.338 e. The SMILES string of the molecule is CCOC(=O)c1cccc(-c2ccc(/C=C(/C#N)C(=O)Nc3nnc(S(=O)(=O)CC)s3)o2)c1. The second-order valence-electron chi connectivity index (χ2n) is 6.40. The maximum absolute atomic E-state index is 12.4. The molecule has 0 saturated carbocycles. The molecule has 12 heteroatoms. The zero-order valence-electron chi connectivity index (χ0n) is 17.6. The molecule has 3 rings (SSSR count). The first-order valence-electron chi connectivity index (χ1n) is 9.64. The van der Waals surface area contributed by atoms with Crippen molar-refractivity contribution in [3.63, 3.8) is 0 Å². The third kappa shape index (κ3) is 5.71. The van der Waals surface area contributed by atoms with Crippen LogP contribution in [-0.2, 0) is 19.4 Å². The minimum Gasteiger partial charge on any atom is -0.462 e. The number of furan rings is 1. The molecule has 2 aromatic heterocycles. The average molecular weight is 487 g/mol. The summed E-state index contributed by atoms with van der Waals surface area (Å²) in [5.74, 6) is -0.756. The quantitative estimate of drug-likeness (QED) is 0.219. The van der Waals surface area contributed by atoms with Gasteiger partial charge >= 0.3 is 5.97 Å². The van der Waals surface area contributed by atoms with Gasteiger partial charge in [-0.2, -0.15) is 5.26 Å². The maximum Gasteiger partial charge on any atom is 0.338 e. The lowest BCUT2D eigenvalue weighted by Crippen LogP contribution is -2.13. The number of ether oxygens (including phenoxy) is 1. The van der Waals surface area contributed by atoms with E-state index in [1.54, 1.807) is 49.4 Å². The predicted molar refractivity (Wildman–Crippen MR) is 120 cm³/mol. The third-order valence-electron chi connectivity index (χ3n) is 4.21. The van der Waals surface area contributed by atoms with Gasteiger partial charge in [-0.25, -0.2) is 13.2 Å². The van der Waals surface area contributed by atoms with Crippen LogP contribution in [0.2, 0.25) is 0 Å². The number of sulfone groups is 1. The zero-order valence-corrected chi connectivity index (χ0v) is 19.2. The number of aromatic nitrogens is 2. The van der Waals surface area contributed by atoms with Crippen LogP contribution in [0, 0.1) is 11.3 Å². The Labute approximate surface area is 193 Å². The Balaban J connectivity index is 1.78. The fourth-order valence-electron chi connectivity index (χ4n) is 2.56. The number of nitriles is 1. The molecule has 0 fully saturated rings. The highest BCUT2D eigenvalue weighted by Crippen LogP contribution is 2.25. The van der Waals surface area contributed by atoms with Crippen molar-refractivity contribution in [3.8, 4) is 17.4 Å². The fourth-order valence-corrected chi connectivity index (χ4v) is 4.55. The number of rotatable bonds is 8. The number of benzene rings is 1. The van der Waals surface area contributed by atoms with Crippen molar-refractivity contribution in [1.29, 1.82) is 5.26 Å². The lowest BCUT2D eigenvalue weighted by Gasteiger charge is -2.03. The van der Waals surface area contributed by atoms with Gasteiger partial charge in [0.2, 0.25) is 19.3 Å². The van der Waals surface area contributed by atoms with Crippen molar-refractivity contribution in [2.75, 3.05) is 17.7 Å². The van der Waals surface area contributed by atoms with Gasteiger partial charge in [0.25, 0.3) is 5.91 Å². The van der Waals surface area contributed by atoms with Crippen LogP contribution >= 0.6 is 11.3 Å². The fraction of sp³-hybridized carbons (Fsp3) is 0.190. The normalized spacial score (nSPS) is 11.6. The van der Waals surface area contributed by atoms with Gasteiger partial charge in [0.1, 0.15) is 23.2 Å². The molecule has 0 spiro atoms. The summed E-state index contributed by atoms with van der Waals surface area (Å²) in [4.78, 5) is 24.4. The Hall–Kier alpha value is -3.82. The van der Waals surface area contributed by atoms with Crippen LogP contribution in [0.4, 0.5) is 5.13 Å². The van der Waals surface area contributed by atoms with Gasteiger partial charge in [-0.05, 0) is 31.2 Å². The van der Waals surface area contributed by atoms with Gasteiger partial charge in [-0.3, -0.25) is 10.1 Å². The molecule has 0 aliphatic carbocycles. The van der Waals surface area contributed by atoms with E-state index in [-0.39, 0.29) is 33.2 Å². The van der Waals surface area contributed by atoms with Gasteiger partial charge in [0.15, 0.2) is 0 Å². The molecule has 170 valence electrons. The molecule has 3 aromatic rings. The van der Waals surface area contributed by atoms with Crippen molar-refractivity contribution in [3.05, 3.63) is 53.3 Å². The van der Waals surface area contributed by atoms with Gasteiger partial charge in [-0.15, -0.1) is 10.2 Å². The van der Waals surface area contributed by atoms with E-state index in [9.17, 15) is 23.3 Å². The Morgan fingerprint density at radius 2 is 2.03 bits per heavy atom. The van der Waals surface area contributed by atoms with Crippen molar-refractivity contribution < 1.29 is 27.2 Å². The highest BCUT2D eigenvalue weighted by Gasteiger charge is 2.20. The Bertz CT molecular complexity index is 1370. The first-order chi connectivity index (χ1) is 15.8. The van der Waals surface area contributed by atoms with E-state index in [0.717, 1.165) is 0 Å². The van der Waals surface area contributed by atoms with E-state index in [0.29, 0.717) is 28.2 Å². The summed E-state index contributed by atoms with van der Waals surface area (Å²) in [6, 6.07) is 11.6. The van der Waals surface area contributed by atoms with E-state index in [1.165, 1.54) is 13.0 Å². The number of amides is 1. The molecule has 1 N–H and O–H groups in total. The zero-order chi connectivity index (χ0) is 24.0. The highest BCUT2D eigenvalue weighted by atomic mass is 32.2. The Morgan fingerprint density at radius 3 is 2.73 bits per heavy atom. The van der Waals surface area contributed by atoms with Crippen molar-refractivity contribution in [2.24, 2.45) is 0 Å². The van der Waals surface area contributed by atoms with Gasteiger partial charge in [0.05, 0.1) is 17.9 Å². The largest absolute Gasteiger partial charge is 0.462 e. The number of hydrogen-bond acceptors (Lipinski definition) is 10. The summed E-state index contributed by atoms with van der Waals surface area (Å²) in [6.45, 7) is 3.44. The molecule has 2 heterocycles. The van der Waals surface area contributed by atoms with E-state index in [1.807, 2.05) is 0 Å². The molecule has 0 bridgehead atoms. The number of carbonyl (C=O) groups is 2. The van der Waals surface area contributed by atoms with Crippen LogP contribution in [0.3, 0.4) is 0 Å². The van der Waals surface area contributed by atoms with Crippen molar-refractivity contribution in [2.45, 2.75) is 18.2 Å². The minimum atomic E-state index is -3.55. The highest BCUT2D eigenvalue weighted by molar-refractivity contribution is 7.93. The molecule has 0 unspecified atom stereocenters. The average Bonchev–Trinajstić information content (AvgIpc) is 3.48. The van der Waals surface area contributed by atoms with E-state index in [4.69, 9.17) is 9.15 Å². The number of esters is 1. The lowest BCUT2D eigenvalue weighted by atomic mass is 10.1. The van der Waals surface area contributed by atoms with Crippen LogP contribution in [0.5, 0.6) is 0 Å². The van der Waals surface area contributed by atoms with Gasteiger partial charge < -0.3 is 9.15 Å². The molecule has 0 saturated heterocycles. The van der Waals surface area contributed by atoms with Crippen LogP contribution in [0.15, 0.2) is 50.7 Å². The first-order valence-corrected chi connectivity index (χ1v) is 12.1. The van der Waals surface area contributed by atoms with E-state index < -0.39 is 21.7 Å². The molecule has 10 nitrogen and oxygen atoms in total. The van der Waals surface area contributed by atoms with Crippen LogP contribution < -0.4 is 5.32 Å². The molecule has 0 atom stereocenters. The standard InChI is InChI=1S/C21H18N4O6S2/c1-3-30-19(27)14-7-5-6-13(10-14)17-9-8-16(31-17)11-15(12-22)18(26)23-20-24-25-21(32-20)33(28,29)4-2/h5-11H,3-4H2,1-2H3,(H,23,24,26)/b15-11-. The molecule has 33 heavy (non-hydrogen) atoms. The summed E-state index contributed by atoms with van der Waals surface area (Å²) in [7, 11) is -3.55. The minimum absolute atomic E-state index is 0.0518. The molecular weight excluding hydrogens is 468 g/mol. The van der Waals surface area contributed by atoms with E-state index >= 15 is 0 Å². The first kappa shape index (κ1) is 23.8. The van der Waals surface area contributed by atoms with E-state index in [2.05, 4.69) is 15.5 Å². The monoisotopic (exact) mass is 486 g/mol. The van der Waals surface area contributed by atoms with Gasteiger partial charge in [-0.1, -0.05) is 30.4 Å². The van der Waals surface area contributed by atoms with Crippen LogP contribution in [-0.4, -0.2) is 42.9 Å². The summed E-state index contributed by atoms with van der Waals surface area (Å²) in [6.07, 6.45) is 1.23. The summed E-state index contributed by atoms with van der Waals surface area (Å²) >= 11 is 0.695. The third-order valence-corrected chi connectivity index (χ3v) is 7.23. The maximum atomic E-state index is 12.4. The number of anilines is 1.